The number of amides is 1. The molecule has 2 atom stereocenters. The number of pyridine rings is 1. The van der Waals surface area contributed by atoms with Gasteiger partial charge in [-0.05, 0) is 42.5 Å². The van der Waals surface area contributed by atoms with E-state index in [9.17, 15) is 18.0 Å². The molecule has 0 spiro atoms. The van der Waals surface area contributed by atoms with Crippen LogP contribution >= 0.6 is 0 Å². The first-order valence-electron chi connectivity index (χ1n) is 12.1. The van der Waals surface area contributed by atoms with Crippen LogP contribution in [0.2, 0.25) is 0 Å². The molecule has 1 aromatic carbocycles. The highest BCUT2D eigenvalue weighted by Crippen LogP contribution is 2.21. The Labute approximate surface area is 233 Å². The number of nitrogens with zero attached hydrogens (tertiary/aromatic N) is 6. The SMILES string of the molecule is O=C(O)C(F)(F)F.[C-]#[N+]C[C@H](COc1ccccn1)n1nnnc1[C@@H](CCOc1ccccc1)NC(=O)C(C)(C)N. The highest BCUT2D eigenvalue weighted by atomic mass is 19.4. The number of nitrogens with two attached hydrogens (primary N) is 1. The molecular formula is C25H29F3N8O5. The van der Waals surface area contributed by atoms with E-state index in [1.807, 2.05) is 36.4 Å². The van der Waals surface area contributed by atoms with Crippen LogP contribution in [-0.2, 0) is 9.59 Å². The van der Waals surface area contributed by atoms with Gasteiger partial charge in [-0.2, -0.15) is 13.2 Å². The Balaban J connectivity index is 0.000000745. The van der Waals surface area contributed by atoms with Gasteiger partial charge in [0.05, 0.1) is 18.2 Å². The third kappa shape index (κ3) is 11.1. The molecule has 0 bridgehead atoms. The number of para-hydroxylation sites is 1. The van der Waals surface area contributed by atoms with E-state index in [4.69, 9.17) is 31.7 Å². The largest absolute Gasteiger partial charge is 0.494 e. The number of alkyl halides is 3. The number of benzene rings is 1. The fourth-order valence-electron chi connectivity index (χ4n) is 3.03. The summed E-state index contributed by atoms with van der Waals surface area (Å²) >= 11 is 0. The minimum Gasteiger partial charge on any atom is -0.494 e. The van der Waals surface area contributed by atoms with Crippen LogP contribution in [0.5, 0.6) is 11.6 Å². The molecule has 220 valence electrons. The van der Waals surface area contributed by atoms with Crippen molar-refractivity contribution in [1.29, 1.82) is 0 Å². The first-order valence-corrected chi connectivity index (χ1v) is 12.1. The Morgan fingerprint density at radius 3 is 2.37 bits per heavy atom. The van der Waals surface area contributed by atoms with E-state index >= 15 is 0 Å². The second-order valence-electron chi connectivity index (χ2n) is 8.96. The first-order chi connectivity index (χ1) is 19.3. The fraction of sp³-hybridized carbons (Fsp3) is 0.400. The molecule has 2 aromatic heterocycles. The van der Waals surface area contributed by atoms with Gasteiger partial charge in [0.2, 0.25) is 18.3 Å². The summed E-state index contributed by atoms with van der Waals surface area (Å²) in [6.07, 6.45) is -3.09. The maximum atomic E-state index is 12.7. The van der Waals surface area contributed by atoms with Gasteiger partial charge < -0.3 is 30.5 Å². The van der Waals surface area contributed by atoms with Gasteiger partial charge in [-0.1, -0.05) is 24.3 Å². The van der Waals surface area contributed by atoms with Gasteiger partial charge in [0.25, 0.3) is 0 Å². The lowest BCUT2D eigenvalue weighted by molar-refractivity contribution is -0.192. The molecule has 0 aliphatic rings. The summed E-state index contributed by atoms with van der Waals surface area (Å²) in [4.78, 5) is 29.2. The molecule has 0 fully saturated rings. The van der Waals surface area contributed by atoms with Crippen molar-refractivity contribution in [3.8, 4) is 11.6 Å². The number of carboxylic acid groups (broad SMARTS) is 1. The van der Waals surface area contributed by atoms with Gasteiger partial charge in [-0.3, -0.25) is 4.79 Å². The van der Waals surface area contributed by atoms with Crippen LogP contribution in [0.25, 0.3) is 4.85 Å². The van der Waals surface area contributed by atoms with Crippen LogP contribution in [0.1, 0.15) is 38.2 Å². The van der Waals surface area contributed by atoms with Crippen molar-refractivity contribution >= 4 is 11.9 Å². The smallest absolute Gasteiger partial charge is 0.490 e. The van der Waals surface area contributed by atoms with Crippen molar-refractivity contribution in [1.82, 2.24) is 30.5 Å². The maximum absolute atomic E-state index is 12.7. The fourth-order valence-corrected chi connectivity index (χ4v) is 3.03. The molecule has 0 saturated carbocycles. The van der Waals surface area contributed by atoms with E-state index in [-0.39, 0.29) is 19.1 Å². The lowest BCUT2D eigenvalue weighted by Gasteiger charge is -2.25. The molecule has 16 heteroatoms. The van der Waals surface area contributed by atoms with Gasteiger partial charge in [-0.15, -0.1) is 5.10 Å². The number of rotatable bonds is 12. The van der Waals surface area contributed by atoms with Crippen LogP contribution < -0.4 is 20.5 Å². The summed E-state index contributed by atoms with van der Waals surface area (Å²) < 4.78 is 44.8. The lowest BCUT2D eigenvalue weighted by atomic mass is 10.0. The number of ether oxygens (including phenoxy) is 2. The summed E-state index contributed by atoms with van der Waals surface area (Å²) in [5, 5.41) is 22.1. The third-order valence-corrected chi connectivity index (χ3v) is 5.09. The molecule has 0 aliphatic carbocycles. The van der Waals surface area contributed by atoms with Crippen molar-refractivity contribution in [2.45, 2.75) is 44.1 Å². The Bertz CT molecular complexity index is 1280. The summed E-state index contributed by atoms with van der Waals surface area (Å²) in [5.74, 6) is -1.60. The Morgan fingerprint density at radius 1 is 1.15 bits per heavy atom. The zero-order chi connectivity index (χ0) is 30.5. The third-order valence-electron chi connectivity index (χ3n) is 5.09. The number of nitrogens with one attached hydrogen (secondary N) is 1. The predicted octanol–water partition coefficient (Wildman–Crippen LogP) is 2.60. The predicted molar refractivity (Wildman–Crippen MR) is 137 cm³/mol. The quantitative estimate of drug-likeness (QED) is 0.271. The number of hydrogen-bond donors (Lipinski definition) is 3. The van der Waals surface area contributed by atoms with Crippen molar-refractivity contribution in [3.63, 3.8) is 0 Å². The number of halogens is 3. The molecule has 13 nitrogen and oxygen atoms in total. The Kier molecular flexibility index (Phi) is 12.0. The number of tetrazole rings is 1. The first kappa shape index (κ1) is 32.4. The van der Waals surface area contributed by atoms with E-state index in [2.05, 4.69) is 30.7 Å². The van der Waals surface area contributed by atoms with Crippen molar-refractivity contribution in [2.75, 3.05) is 19.8 Å². The normalized spacial score (nSPS) is 12.6. The summed E-state index contributed by atoms with van der Waals surface area (Å²) in [7, 11) is 0. The van der Waals surface area contributed by atoms with Crippen molar-refractivity contribution < 1.29 is 37.3 Å². The van der Waals surface area contributed by atoms with Gasteiger partial charge in [-0.25, -0.2) is 21.0 Å². The standard InChI is InChI=1S/C23H28N8O3.C2HF3O2/c1-23(2,24)22(32)27-19(12-14-33-18-9-5-4-6-10-18)21-28-29-30-31(21)17(15-25-3)16-34-20-11-7-8-13-26-20;3-2(4,5)1(6)7/h4-11,13,17,19H,12,14-16,24H2,1-2H3,(H,27,32);(H,6,7)/t17-,19-;/m1./s1. The number of carbonyl (C=O) groups is 2. The van der Waals surface area contributed by atoms with E-state index in [1.165, 1.54) is 4.68 Å². The van der Waals surface area contributed by atoms with Gasteiger partial charge >= 0.3 is 12.1 Å². The van der Waals surface area contributed by atoms with E-state index in [0.29, 0.717) is 30.5 Å². The lowest BCUT2D eigenvalue weighted by Crippen LogP contribution is -2.50. The Morgan fingerprint density at radius 2 is 1.80 bits per heavy atom. The maximum Gasteiger partial charge on any atom is 0.490 e. The monoisotopic (exact) mass is 578 g/mol. The average Bonchev–Trinajstić information content (AvgIpc) is 3.40. The van der Waals surface area contributed by atoms with E-state index in [1.54, 1.807) is 32.2 Å². The molecule has 0 unspecified atom stereocenters. The topological polar surface area (TPSA) is 172 Å². The highest BCUT2D eigenvalue weighted by molar-refractivity contribution is 5.85. The molecular weight excluding hydrogens is 549 g/mol. The summed E-state index contributed by atoms with van der Waals surface area (Å²) in [5.41, 5.74) is 4.89. The van der Waals surface area contributed by atoms with E-state index in [0.717, 1.165) is 0 Å². The molecule has 41 heavy (non-hydrogen) atoms. The molecule has 0 radical (unpaired) electrons. The van der Waals surface area contributed by atoms with Crippen LogP contribution in [0.3, 0.4) is 0 Å². The average molecular weight is 579 g/mol. The van der Waals surface area contributed by atoms with Crippen LogP contribution in [0.15, 0.2) is 54.7 Å². The van der Waals surface area contributed by atoms with Crippen molar-refractivity contribution in [2.24, 2.45) is 5.73 Å². The minimum atomic E-state index is -5.08. The number of aromatic nitrogens is 5. The Hall–Kier alpha value is -4.78. The number of aliphatic carboxylic acids is 1. The van der Waals surface area contributed by atoms with Crippen molar-refractivity contribution in [3.05, 3.63) is 72.0 Å². The highest BCUT2D eigenvalue weighted by Gasteiger charge is 2.38. The zero-order valence-corrected chi connectivity index (χ0v) is 22.2. The second kappa shape index (κ2) is 15.1. The summed E-state index contributed by atoms with van der Waals surface area (Å²) in [6, 6.07) is 13.6. The van der Waals surface area contributed by atoms with Gasteiger partial charge in [0.15, 0.2) is 11.9 Å². The van der Waals surface area contributed by atoms with Crippen LogP contribution in [-0.4, -0.2) is 73.6 Å². The van der Waals surface area contributed by atoms with Gasteiger partial charge in [0.1, 0.15) is 12.4 Å². The number of carbonyl (C=O) groups excluding carboxylic acids is 1. The molecule has 3 aromatic rings. The molecule has 4 N–H and O–H groups in total. The van der Waals surface area contributed by atoms with E-state index < -0.39 is 29.8 Å². The van der Waals surface area contributed by atoms with Gasteiger partial charge in [0, 0.05) is 18.7 Å². The summed E-state index contributed by atoms with van der Waals surface area (Å²) in [6.45, 7) is 11.1. The second-order valence-corrected chi connectivity index (χ2v) is 8.96. The number of carboxylic acids is 1. The number of hydrogen-bond acceptors (Lipinski definition) is 9. The minimum absolute atomic E-state index is 0.0778. The molecule has 0 aliphatic heterocycles. The molecule has 1 amide bonds. The zero-order valence-electron chi connectivity index (χ0n) is 22.2. The molecule has 0 saturated heterocycles. The van der Waals surface area contributed by atoms with Crippen LogP contribution in [0, 0.1) is 6.57 Å². The van der Waals surface area contributed by atoms with Crippen LogP contribution in [0.4, 0.5) is 13.2 Å². The molecule has 2 heterocycles. The molecule has 3 rings (SSSR count).